The molecule has 1 saturated heterocycles. The fraction of sp³-hybridized carbons (Fsp3) is 0.700. The summed E-state index contributed by atoms with van der Waals surface area (Å²) in [6, 6.07) is 0. The van der Waals surface area contributed by atoms with Gasteiger partial charge in [0.05, 0.1) is 23.4 Å². The van der Waals surface area contributed by atoms with Crippen LogP contribution in [0.1, 0.15) is 32.7 Å². The van der Waals surface area contributed by atoms with E-state index in [-0.39, 0.29) is 17.8 Å². The Morgan fingerprint density at radius 1 is 1.31 bits per heavy atom. The van der Waals surface area contributed by atoms with Crippen LogP contribution in [-0.4, -0.2) is 28.4 Å². The highest BCUT2D eigenvalue weighted by Gasteiger charge is 2.52. The molecule has 88 valence electrons. The van der Waals surface area contributed by atoms with Crippen LogP contribution in [0.2, 0.25) is 0 Å². The summed E-state index contributed by atoms with van der Waals surface area (Å²) in [4.78, 5) is 4.26. The van der Waals surface area contributed by atoms with Gasteiger partial charge in [0, 0.05) is 5.38 Å². The SMILES string of the molecule is CC1(C)OB(c2csc(CO)n2)OC1(C)C. The van der Waals surface area contributed by atoms with Crippen molar-refractivity contribution in [1.29, 1.82) is 0 Å². The molecule has 0 amide bonds. The van der Waals surface area contributed by atoms with E-state index in [1.165, 1.54) is 11.3 Å². The molecule has 1 aliphatic rings. The topological polar surface area (TPSA) is 51.6 Å². The van der Waals surface area contributed by atoms with E-state index in [4.69, 9.17) is 14.4 Å². The van der Waals surface area contributed by atoms with Gasteiger partial charge in [0.2, 0.25) is 0 Å². The standard InChI is InChI=1S/C10H16BNO3S/c1-9(2)10(3,4)15-11(14-9)7-6-16-8(5-13)12-7/h6,13H,5H2,1-4H3. The molecule has 0 spiro atoms. The Balaban J connectivity index is 2.20. The van der Waals surface area contributed by atoms with E-state index in [9.17, 15) is 0 Å². The second-order valence-corrected chi connectivity index (χ2v) is 5.86. The third kappa shape index (κ3) is 1.90. The molecule has 2 heterocycles. The Morgan fingerprint density at radius 2 is 1.88 bits per heavy atom. The van der Waals surface area contributed by atoms with Gasteiger partial charge in [0.15, 0.2) is 0 Å². The van der Waals surface area contributed by atoms with Crippen LogP contribution < -0.4 is 5.59 Å². The van der Waals surface area contributed by atoms with Crippen LogP contribution in [0, 0.1) is 0 Å². The van der Waals surface area contributed by atoms with Gasteiger partial charge in [0.25, 0.3) is 0 Å². The van der Waals surface area contributed by atoms with E-state index in [0.29, 0.717) is 5.01 Å². The zero-order chi connectivity index (χ0) is 12.0. The maximum Gasteiger partial charge on any atom is 0.515 e. The molecule has 1 aliphatic heterocycles. The molecule has 0 aromatic carbocycles. The molecule has 1 aromatic rings. The van der Waals surface area contributed by atoms with Gasteiger partial charge in [0.1, 0.15) is 5.01 Å². The Labute approximate surface area is 99.8 Å². The highest BCUT2D eigenvalue weighted by atomic mass is 32.1. The minimum atomic E-state index is -0.429. The second kappa shape index (κ2) is 3.80. The van der Waals surface area contributed by atoms with Crippen molar-refractivity contribution in [3.63, 3.8) is 0 Å². The van der Waals surface area contributed by atoms with E-state index in [1.807, 2.05) is 33.1 Å². The summed E-state index contributed by atoms with van der Waals surface area (Å²) in [5.74, 6) is 0. The van der Waals surface area contributed by atoms with Crippen LogP contribution in [0.3, 0.4) is 0 Å². The largest absolute Gasteiger partial charge is 0.515 e. The summed E-state index contributed by atoms with van der Waals surface area (Å²) >= 11 is 1.42. The number of aliphatic hydroxyl groups is 1. The van der Waals surface area contributed by atoms with E-state index < -0.39 is 7.12 Å². The molecule has 16 heavy (non-hydrogen) atoms. The zero-order valence-electron chi connectivity index (χ0n) is 9.98. The first kappa shape index (κ1) is 12.0. The summed E-state index contributed by atoms with van der Waals surface area (Å²) in [5.41, 5.74) is 0.0501. The van der Waals surface area contributed by atoms with Gasteiger partial charge in [-0.1, -0.05) is 0 Å². The van der Waals surface area contributed by atoms with Gasteiger partial charge >= 0.3 is 7.12 Å². The Hall–Kier alpha value is -0.425. The van der Waals surface area contributed by atoms with E-state index >= 15 is 0 Å². The third-order valence-electron chi connectivity index (χ3n) is 3.20. The van der Waals surface area contributed by atoms with E-state index in [2.05, 4.69) is 4.98 Å². The fourth-order valence-electron chi connectivity index (χ4n) is 1.47. The van der Waals surface area contributed by atoms with Gasteiger partial charge in [-0.15, -0.1) is 11.3 Å². The average molecular weight is 241 g/mol. The highest BCUT2D eigenvalue weighted by Crippen LogP contribution is 2.36. The fourth-order valence-corrected chi connectivity index (χ4v) is 2.12. The predicted molar refractivity (Wildman–Crippen MR) is 63.8 cm³/mol. The lowest BCUT2D eigenvalue weighted by molar-refractivity contribution is 0.00578. The molecule has 1 N–H and O–H groups in total. The monoisotopic (exact) mass is 241 g/mol. The van der Waals surface area contributed by atoms with Crippen LogP contribution in [0.15, 0.2) is 5.38 Å². The first-order chi connectivity index (χ1) is 7.36. The molecule has 2 rings (SSSR count). The van der Waals surface area contributed by atoms with Gasteiger partial charge in [-0.2, -0.15) is 0 Å². The van der Waals surface area contributed by atoms with Crippen LogP contribution in [0.4, 0.5) is 0 Å². The van der Waals surface area contributed by atoms with Gasteiger partial charge in [-0.05, 0) is 27.7 Å². The Morgan fingerprint density at radius 3 is 2.31 bits per heavy atom. The first-order valence-electron chi connectivity index (χ1n) is 5.26. The normalized spacial score (nSPS) is 22.7. The molecule has 0 unspecified atom stereocenters. The maximum absolute atomic E-state index is 8.97. The van der Waals surface area contributed by atoms with Crippen LogP contribution in [-0.2, 0) is 15.9 Å². The number of hydrogen-bond acceptors (Lipinski definition) is 5. The Kier molecular flexibility index (Phi) is 2.86. The molecule has 0 radical (unpaired) electrons. The summed E-state index contributed by atoms with van der Waals surface area (Å²) in [5, 5.41) is 11.5. The lowest BCUT2D eigenvalue weighted by Gasteiger charge is -2.32. The molecule has 4 nitrogen and oxygen atoms in total. The van der Waals surface area contributed by atoms with Crippen LogP contribution in [0.5, 0.6) is 0 Å². The summed E-state index contributed by atoms with van der Waals surface area (Å²) in [6.07, 6.45) is 0. The molecule has 1 fully saturated rings. The van der Waals surface area contributed by atoms with Gasteiger partial charge in [-0.25, -0.2) is 4.98 Å². The number of aliphatic hydroxyl groups excluding tert-OH is 1. The van der Waals surface area contributed by atoms with E-state index in [0.717, 1.165) is 5.59 Å². The quantitative estimate of drug-likeness (QED) is 0.783. The van der Waals surface area contributed by atoms with Crippen LogP contribution >= 0.6 is 11.3 Å². The van der Waals surface area contributed by atoms with Crippen molar-refractivity contribution in [2.45, 2.75) is 45.5 Å². The van der Waals surface area contributed by atoms with Crippen molar-refractivity contribution in [3.8, 4) is 0 Å². The lowest BCUT2D eigenvalue weighted by Crippen LogP contribution is -2.41. The van der Waals surface area contributed by atoms with Crippen molar-refractivity contribution in [2.75, 3.05) is 0 Å². The first-order valence-corrected chi connectivity index (χ1v) is 6.14. The smallest absolute Gasteiger partial charge is 0.398 e. The highest BCUT2D eigenvalue weighted by molar-refractivity contribution is 7.10. The molecule has 1 aromatic heterocycles. The van der Waals surface area contributed by atoms with Crippen molar-refractivity contribution in [2.24, 2.45) is 0 Å². The maximum atomic E-state index is 8.97. The predicted octanol–water partition coefficient (Wildman–Crippen LogP) is 0.935. The van der Waals surface area contributed by atoms with Gasteiger partial charge < -0.3 is 14.4 Å². The third-order valence-corrected chi connectivity index (χ3v) is 4.05. The zero-order valence-corrected chi connectivity index (χ0v) is 10.8. The van der Waals surface area contributed by atoms with Crippen LogP contribution in [0.25, 0.3) is 0 Å². The molecule has 6 heteroatoms. The van der Waals surface area contributed by atoms with Crippen molar-refractivity contribution in [3.05, 3.63) is 10.4 Å². The van der Waals surface area contributed by atoms with Crippen molar-refractivity contribution < 1.29 is 14.4 Å². The summed E-state index contributed by atoms with van der Waals surface area (Å²) in [7, 11) is -0.429. The number of rotatable bonds is 2. The second-order valence-electron chi connectivity index (χ2n) is 4.91. The molecular formula is C10H16BNO3S. The Bertz CT molecular complexity index is 375. The minimum Gasteiger partial charge on any atom is -0.398 e. The van der Waals surface area contributed by atoms with Gasteiger partial charge in [-0.3, -0.25) is 0 Å². The average Bonchev–Trinajstić information content (AvgIpc) is 2.70. The van der Waals surface area contributed by atoms with Crippen molar-refractivity contribution >= 4 is 24.0 Å². The summed E-state index contributed by atoms with van der Waals surface area (Å²) < 4.78 is 11.7. The van der Waals surface area contributed by atoms with E-state index in [1.54, 1.807) is 0 Å². The number of hydrogen-bond donors (Lipinski definition) is 1. The summed E-state index contributed by atoms with van der Waals surface area (Å²) in [6.45, 7) is 7.99. The molecule has 0 bridgehead atoms. The number of nitrogens with zero attached hydrogens (tertiary/aromatic N) is 1. The molecular weight excluding hydrogens is 225 g/mol. The number of aromatic nitrogens is 1. The number of thiazole rings is 1. The minimum absolute atomic E-state index is 0.0375. The van der Waals surface area contributed by atoms with Crippen molar-refractivity contribution in [1.82, 2.24) is 4.98 Å². The molecule has 0 aliphatic carbocycles. The molecule has 0 saturated carbocycles. The lowest BCUT2D eigenvalue weighted by atomic mass is 9.86. The molecule has 0 atom stereocenters.